The van der Waals surface area contributed by atoms with E-state index in [-0.39, 0.29) is 6.04 Å². The summed E-state index contributed by atoms with van der Waals surface area (Å²) in [6.07, 6.45) is 2.00. The van der Waals surface area contributed by atoms with Gasteiger partial charge in [0.05, 0.1) is 13.2 Å². The number of hydrogen-bond acceptors (Lipinski definition) is 6. The van der Waals surface area contributed by atoms with E-state index in [1.54, 1.807) is 24.9 Å². The van der Waals surface area contributed by atoms with Crippen LogP contribution < -0.4 is 0 Å². The maximum absolute atomic E-state index is 6.02. The fraction of sp³-hybridized carbons (Fsp3) is 0.400. The molecule has 0 spiro atoms. The van der Waals surface area contributed by atoms with Crippen molar-refractivity contribution in [2.75, 3.05) is 33.1 Å². The molecular weight excluding hydrogens is 336 g/mol. The van der Waals surface area contributed by atoms with Crippen molar-refractivity contribution in [2.45, 2.75) is 6.04 Å². The van der Waals surface area contributed by atoms with Gasteiger partial charge in [-0.15, -0.1) is 0 Å². The van der Waals surface area contributed by atoms with Crippen molar-refractivity contribution in [3.63, 3.8) is 0 Å². The monoisotopic (exact) mass is 352 g/mol. The van der Waals surface area contributed by atoms with Gasteiger partial charge in [-0.05, 0) is 24.5 Å². The third-order valence-electron chi connectivity index (χ3n) is 3.56. The van der Waals surface area contributed by atoms with E-state index in [4.69, 9.17) is 20.9 Å². The second-order valence-corrected chi connectivity index (χ2v) is 6.17. The number of nitrogens with zero attached hydrogens (tertiary/aromatic N) is 4. The Hall–Kier alpha value is -1.57. The van der Waals surface area contributed by atoms with E-state index in [0.29, 0.717) is 30.0 Å². The molecule has 2 aromatic rings. The minimum absolute atomic E-state index is 0.105. The Bertz CT molecular complexity index is 706. The van der Waals surface area contributed by atoms with E-state index in [1.807, 2.05) is 24.5 Å². The first-order chi connectivity index (χ1) is 11.2. The van der Waals surface area contributed by atoms with Crippen molar-refractivity contribution in [1.29, 1.82) is 0 Å². The predicted octanol–water partition coefficient (Wildman–Crippen LogP) is 3.11. The van der Waals surface area contributed by atoms with Gasteiger partial charge in [0.25, 0.3) is 5.89 Å². The van der Waals surface area contributed by atoms with Crippen molar-refractivity contribution in [2.24, 2.45) is 4.99 Å². The SMILES string of the molecule is C/N=C(\SC)N1CCOCC1c1noc(-c2cccc(Cl)c2)n1. The standard InChI is InChI=1S/C15H17ClN4O2S/c1-17-15(23-2)20-6-7-21-9-12(20)13-18-14(22-19-13)10-4-3-5-11(16)8-10/h3-5,8,12H,6-7,9H2,1-2H3/b17-15-. The lowest BCUT2D eigenvalue weighted by Gasteiger charge is -2.35. The molecule has 23 heavy (non-hydrogen) atoms. The average molecular weight is 353 g/mol. The maximum atomic E-state index is 6.02. The molecule has 0 saturated carbocycles. The van der Waals surface area contributed by atoms with Crippen LogP contribution in [0.2, 0.25) is 5.02 Å². The number of aromatic nitrogens is 2. The van der Waals surface area contributed by atoms with E-state index >= 15 is 0 Å². The van der Waals surface area contributed by atoms with Gasteiger partial charge in [0.1, 0.15) is 6.04 Å². The molecule has 8 heteroatoms. The summed E-state index contributed by atoms with van der Waals surface area (Å²) in [5, 5.41) is 5.70. The molecule has 0 amide bonds. The minimum Gasteiger partial charge on any atom is -0.377 e. The summed E-state index contributed by atoms with van der Waals surface area (Å²) in [4.78, 5) is 11.0. The molecule has 1 aromatic carbocycles. The Morgan fingerprint density at radius 2 is 2.35 bits per heavy atom. The lowest BCUT2D eigenvalue weighted by atomic mass is 10.2. The molecule has 6 nitrogen and oxygen atoms in total. The Balaban J connectivity index is 1.88. The summed E-state index contributed by atoms with van der Waals surface area (Å²) >= 11 is 7.61. The Kier molecular flexibility index (Phi) is 5.20. The summed E-state index contributed by atoms with van der Waals surface area (Å²) in [7, 11) is 1.78. The largest absolute Gasteiger partial charge is 0.377 e. The Morgan fingerprint density at radius 3 is 3.09 bits per heavy atom. The van der Waals surface area contributed by atoms with Crippen molar-refractivity contribution in [3.05, 3.63) is 35.1 Å². The lowest BCUT2D eigenvalue weighted by Crippen LogP contribution is -2.42. The fourth-order valence-electron chi connectivity index (χ4n) is 2.49. The number of benzene rings is 1. The second-order valence-electron chi connectivity index (χ2n) is 4.96. The van der Waals surface area contributed by atoms with Crippen LogP contribution in [-0.2, 0) is 4.74 Å². The predicted molar refractivity (Wildman–Crippen MR) is 91.9 cm³/mol. The van der Waals surface area contributed by atoms with Crippen molar-refractivity contribution >= 4 is 28.5 Å². The molecule has 1 saturated heterocycles. The van der Waals surface area contributed by atoms with Crippen LogP contribution in [0.3, 0.4) is 0 Å². The molecule has 3 rings (SSSR count). The molecule has 1 aliphatic heterocycles. The highest BCUT2D eigenvalue weighted by Gasteiger charge is 2.31. The van der Waals surface area contributed by atoms with E-state index in [2.05, 4.69) is 20.0 Å². The molecule has 1 aromatic heterocycles. The maximum Gasteiger partial charge on any atom is 0.258 e. The molecular formula is C15H17ClN4O2S. The number of hydrogen-bond donors (Lipinski definition) is 0. The second kappa shape index (κ2) is 7.33. The van der Waals surface area contributed by atoms with Crippen LogP contribution in [-0.4, -0.2) is 53.3 Å². The van der Waals surface area contributed by atoms with Gasteiger partial charge in [0.2, 0.25) is 0 Å². The third-order valence-corrected chi connectivity index (χ3v) is 4.58. The summed E-state index contributed by atoms with van der Waals surface area (Å²) in [5.74, 6) is 1.04. The van der Waals surface area contributed by atoms with E-state index in [0.717, 1.165) is 17.3 Å². The highest BCUT2D eigenvalue weighted by atomic mass is 35.5. The molecule has 1 fully saturated rings. The quantitative estimate of drug-likeness (QED) is 0.611. The first kappa shape index (κ1) is 16.3. The average Bonchev–Trinajstić information content (AvgIpc) is 3.06. The van der Waals surface area contributed by atoms with E-state index in [9.17, 15) is 0 Å². The number of halogens is 1. The number of ether oxygens (including phenoxy) is 1. The molecule has 1 aliphatic rings. The molecule has 1 atom stereocenters. The van der Waals surface area contributed by atoms with Gasteiger partial charge in [-0.3, -0.25) is 4.99 Å². The summed E-state index contributed by atoms with van der Waals surface area (Å²) in [6, 6.07) is 7.24. The molecule has 122 valence electrons. The molecule has 0 N–H and O–H groups in total. The molecule has 1 unspecified atom stereocenters. The van der Waals surface area contributed by atoms with Crippen LogP contribution >= 0.6 is 23.4 Å². The van der Waals surface area contributed by atoms with Gasteiger partial charge in [-0.25, -0.2) is 0 Å². The zero-order valence-electron chi connectivity index (χ0n) is 12.9. The lowest BCUT2D eigenvalue weighted by molar-refractivity contribution is 0.0233. The zero-order chi connectivity index (χ0) is 16.2. The van der Waals surface area contributed by atoms with Crippen LogP contribution in [0.1, 0.15) is 11.9 Å². The molecule has 0 bridgehead atoms. The van der Waals surface area contributed by atoms with Gasteiger partial charge in [-0.1, -0.05) is 34.6 Å². The van der Waals surface area contributed by atoms with Crippen LogP contribution in [0.25, 0.3) is 11.5 Å². The van der Waals surface area contributed by atoms with Crippen molar-refractivity contribution < 1.29 is 9.26 Å². The van der Waals surface area contributed by atoms with Crippen LogP contribution in [0.15, 0.2) is 33.8 Å². The van der Waals surface area contributed by atoms with Gasteiger partial charge in [0, 0.05) is 24.2 Å². The smallest absolute Gasteiger partial charge is 0.258 e. The van der Waals surface area contributed by atoms with Crippen LogP contribution in [0.4, 0.5) is 0 Å². The van der Waals surface area contributed by atoms with Crippen LogP contribution in [0, 0.1) is 0 Å². The summed E-state index contributed by atoms with van der Waals surface area (Å²) in [5.41, 5.74) is 0.800. The number of aliphatic imine (C=N–C) groups is 1. The van der Waals surface area contributed by atoms with Gasteiger partial charge in [0.15, 0.2) is 11.0 Å². The first-order valence-electron chi connectivity index (χ1n) is 7.17. The Morgan fingerprint density at radius 1 is 1.48 bits per heavy atom. The van der Waals surface area contributed by atoms with Gasteiger partial charge in [-0.2, -0.15) is 4.98 Å². The summed E-state index contributed by atoms with van der Waals surface area (Å²) in [6.45, 7) is 1.92. The molecule has 0 radical (unpaired) electrons. The number of amidine groups is 1. The highest BCUT2D eigenvalue weighted by molar-refractivity contribution is 8.13. The normalized spacial score (nSPS) is 19.2. The first-order valence-corrected chi connectivity index (χ1v) is 8.78. The number of morpholine rings is 1. The molecule has 0 aliphatic carbocycles. The Labute approximate surface area is 143 Å². The molecule has 2 heterocycles. The third kappa shape index (κ3) is 3.52. The van der Waals surface area contributed by atoms with E-state index in [1.165, 1.54) is 0 Å². The fourth-order valence-corrected chi connectivity index (χ4v) is 3.32. The summed E-state index contributed by atoms with van der Waals surface area (Å²) < 4.78 is 11.0. The number of thioether (sulfide) groups is 1. The zero-order valence-corrected chi connectivity index (χ0v) is 14.5. The van der Waals surface area contributed by atoms with Gasteiger partial charge >= 0.3 is 0 Å². The van der Waals surface area contributed by atoms with Crippen molar-refractivity contribution in [3.8, 4) is 11.5 Å². The van der Waals surface area contributed by atoms with Crippen molar-refractivity contribution in [1.82, 2.24) is 15.0 Å². The number of rotatable bonds is 2. The topological polar surface area (TPSA) is 63.8 Å². The van der Waals surface area contributed by atoms with E-state index < -0.39 is 0 Å². The van der Waals surface area contributed by atoms with Crippen LogP contribution in [0.5, 0.6) is 0 Å². The van der Waals surface area contributed by atoms with Gasteiger partial charge < -0.3 is 14.2 Å². The highest BCUT2D eigenvalue weighted by Crippen LogP contribution is 2.28. The minimum atomic E-state index is -0.105.